The highest BCUT2D eigenvalue weighted by molar-refractivity contribution is 5.76. The van der Waals surface area contributed by atoms with Gasteiger partial charge in [0, 0.05) is 13.1 Å². The van der Waals surface area contributed by atoms with Crippen molar-refractivity contribution in [2.75, 3.05) is 0 Å². The summed E-state index contributed by atoms with van der Waals surface area (Å²) in [5.41, 5.74) is 1.84. The Bertz CT molecular complexity index is 828. The number of para-hydroxylation sites is 2. The Balaban J connectivity index is 2.03. The summed E-state index contributed by atoms with van der Waals surface area (Å²) in [6.45, 7) is 5.92. The number of aromatic nitrogens is 6. The lowest BCUT2D eigenvalue weighted by Gasteiger charge is -2.04. The third-order valence-electron chi connectivity index (χ3n) is 3.87. The van der Waals surface area contributed by atoms with Gasteiger partial charge in [0.05, 0.1) is 17.6 Å². The van der Waals surface area contributed by atoms with Crippen LogP contribution in [0.15, 0.2) is 29.1 Å². The van der Waals surface area contributed by atoms with Gasteiger partial charge < -0.3 is 0 Å². The van der Waals surface area contributed by atoms with Crippen molar-refractivity contribution in [1.29, 1.82) is 0 Å². The highest BCUT2D eigenvalue weighted by Crippen LogP contribution is 2.13. The number of unbranched alkanes of at least 4 members (excludes halogenated alkanes) is 1. The van der Waals surface area contributed by atoms with Crippen molar-refractivity contribution in [3.8, 4) is 0 Å². The van der Waals surface area contributed by atoms with Crippen LogP contribution in [-0.4, -0.2) is 29.3 Å². The van der Waals surface area contributed by atoms with E-state index in [1.54, 1.807) is 13.8 Å². The summed E-state index contributed by atoms with van der Waals surface area (Å²) in [6.07, 6.45) is 2.10. The van der Waals surface area contributed by atoms with Crippen molar-refractivity contribution >= 4 is 11.0 Å². The zero-order chi connectivity index (χ0) is 15.5. The fourth-order valence-corrected chi connectivity index (χ4v) is 2.69. The van der Waals surface area contributed by atoms with Crippen molar-refractivity contribution in [3.63, 3.8) is 0 Å². The van der Waals surface area contributed by atoms with Gasteiger partial charge in [-0.3, -0.25) is 9.13 Å². The molecule has 3 aromatic rings. The van der Waals surface area contributed by atoms with Crippen molar-refractivity contribution in [1.82, 2.24) is 29.3 Å². The van der Waals surface area contributed by atoms with E-state index in [2.05, 4.69) is 22.4 Å². The number of aryl methyl sites for hydroxylation is 2. The van der Waals surface area contributed by atoms with Gasteiger partial charge in [0.2, 0.25) is 0 Å². The number of fused-ring (bicyclic) bond motifs is 1. The number of tetrazole rings is 1. The van der Waals surface area contributed by atoms with Gasteiger partial charge in [-0.25, -0.2) is 9.48 Å². The molecule has 2 heterocycles. The molecule has 0 spiro atoms. The molecule has 22 heavy (non-hydrogen) atoms. The van der Waals surface area contributed by atoms with Crippen LogP contribution in [0.3, 0.4) is 0 Å². The minimum absolute atomic E-state index is 0.0197. The maximum absolute atomic E-state index is 12.6. The lowest BCUT2D eigenvalue weighted by Crippen LogP contribution is -2.25. The molecule has 0 aliphatic heterocycles. The van der Waals surface area contributed by atoms with E-state index in [-0.39, 0.29) is 5.69 Å². The summed E-state index contributed by atoms with van der Waals surface area (Å²) in [7, 11) is 0. The number of rotatable bonds is 6. The van der Waals surface area contributed by atoms with Gasteiger partial charge in [0.15, 0.2) is 5.82 Å². The van der Waals surface area contributed by atoms with E-state index in [4.69, 9.17) is 0 Å². The van der Waals surface area contributed by atoms with Gasteiger partial charge in [-0.05, 0) is 35.9 Å². The Morgan fingerprint density at radius 3 is 2.50 bits per heavy atom. The monoisotopic (exact) mass is 300 g/mol. The van der Waals surface area contributed by atoms with Gasteiger partial charge in [-0.2, -0.15) is 0 Å². The molecule has 7 nitrogen and oxygen atoms in total. The average Bonchev–Trinajstić information content (AvgIpc) is 3.09. The fraction of sp³-hybridized carbons (Fsp3) is 0.467. The topological polar surface area (TPSA) is 70.5 Å². The molecule has 0 amide bonds. The summed E-state index contributed by atoms with van der Waals surface area (Å²) >= 11 is 0. The fourth-order valence-electron chi connectivity index (χ4n) is 2.69. The quantitative estimate of drug-likeness (QED) is 0.694. The van der Waals surface area contributed by atoms with Gasteiger partial charge in [0.1, 0.15) is 0 Å². The second kappa shape index (κ2) is 6.13. The molecule has 0 unspecified atom stereocenters. The summed E-state index contributed by atoms with van der Waals surface area (Å²) in [6, 6.07) is 7.82. The first-order valence-electron chi connectivity index (χ1n) is 7.69. The highest BCUT2D eigenvalue weighted by Gasteiger charge is 2.14. The molecule has 0 N–H and O–H groups in total. The summed E-state index contributed by atoms with van der Waals surface area (Å²) in [4.78, 5) is 12.6. The first kappa shape index (κ1) is 14.5. The van der Waals surface area contributed by atoms with E-state index in [9.17, 15) is 4.79 Å². The van der Waals surface area contributed by atoms with Crippen LogP contribution in [0.4, 0.5) is 0 Å². The number of hydrogen-bond donors (Lipinski definition) is 0. The van der Waals surface area contributed by atoms with E-state index in [1.807, 2.05) is 31.2 Å². The van der Waals surface area contributed by atoms with Crippen LogP contribution in [0.25, 0.3) is 11.0 Å². The summed E-state index contributed by atoms with van der Waals surface area (Å²) in [5.74, 6) is 0.717. The van der Waals surface area contributed by atoms with Crippen molar-refractivity contribution < 1.29 is 0 Å². The number of imidazole rings is 1. The maximum Gasteiger partial charge on any atom is 0.329 e. The number of nitrogens with zero attached hydrogens (tertiary/aromatic N) is 6. The van der Waals surface area contributed by atoms with Gasteiger partial charge in [-0.1, -0.05) is 25.5 Å². The molecule has 2 aromatic heterocycles. The van der Waals surface area contributed by atoms with E-state index in [0.29, 0.717) is 13.1 Å². The van der Waals surface area contributed by atoms with E-state index in [0.717, 1.165) is 36.2 Å². The molecule has 0 saturated carbocycles. The Kier molecular flexibility index (Phi) is 4.04. The molecule has 3 rings (SSSR count). The predicted octanol–water partition coefficient (Wildman–Crippen LogP) is 1.66. The maximum atomic E-state index is 12.6. The Morgan fingerprint density at radius 1 is 1.09 bits per heavy atom. The van der Waals surface area contributed by atoms with Crippen LogP contribution in [-0.2, 0) is 19.6 Å². The molecule has 1 aromatic carbocycles. The Morgan fingerprint density at radius 2 is 1.82 bits per heavy atom. The molecular formula is C15H20N6O. The first-order valence-corrected chi connectivity index (χ1v) is 7.69. The van der Waals surface area contributed by atoms with Crippen LogP contribution in [0.2, 0.25) is 0 Å². The molecule has 116 valence electrons. The molecule has 0 radical (unpaired) electrons. The molecule has 0 aliphatic rings. The Hall–Kier alpha value is -2.44. The lowest BCUT2D eigenvalue weighted by molar-refractivity contribution is 0.521. The standard InChI is InChI=1S/C15H20N6O/c1-3-5-10-21-14(16-17-18-21)11-20-13-9-7-6-8-12(13)19(4-2)15(20)22/h6-9H,3-5,10-11H2,1-2H3. The Labute approximate surface area is 128 Å². The number of benzene rings is 1. The molecule has 0 fully saturated rings. The predicted molar refractivity (Wildman–Crippen MR) is 83.7 cm³/mol. The molecule has 0 atom stereocenters. The van der Waals surface area contributed by atoms with Crippen LogP contribution in [0.5, 0.6) is 0 Å². The summed E-state index contributed by atoms with van der Waals surface area (Å²) in [5, 5.41) is 11.8. The number of hydrogen-bond acceptors (Lipinski definition) is 4. The smallest absolute Gasteiger partial charge is 0.292 e. The SMILES string of the molecule is CCCCn1nnnc1Cn1c(=O)n(CC)c2ccccc21. The third kappa shape index (κ3) is 2.43. The molecule has 0 bridgehead atoms. The van der Waals surface area contributed by atoms with Crippen LogP contribution in [0, 0.1) is 0 Å². The van der Waals surface area contributed by atoms with Crippen molar-refractivity contribution in [3.05, 3.63) is 40.6 Å². The van der Waals surface area contributed by atoms with Gasteiger partial charge in [0.25, 0.3) is 0 Å². The van der Waals surface area contributed by atoms with Crippen LogP contribution < -0.4 is 5.69 Å². The average molecular weight is 300 g/mol. The largest absolute Gasteiger partial charge is 0.329 e. The second-order valence-electron chi connectivity index (χ2n) is 5.27. The van der Waals surface area contributed by atoms with E-state index >= 15 is 0 Å². The minimum atomic E-state index is -0.0197. The zero-order valence-electron chi connectivity index (χ0n) is 12.9. The molecular weight excluding hydrogens is 280 g/mol. The molecule has 0 aliphatic carbocycles. The zero-order valence-corrected chi connectivity index (χ0v) is 12.9. The van der Waals surface area contributed by atoms with Crippen LogP contribution >= 0.6 is 0 Å². The van der Waals surface area contributed by atoms with Crippen LogP contribution in [0.1, 0.15) is 32.5 Å². The summed E-state index contributed by atoms with van der Waals surface area (Å²) < 4.78 is 5.30. The lowest BCUT2D eigenvalue weighted by atomic mass is 10.3. The van der Waals surface area contributed by atoms with Crippen molar-refractivity contribution in [2.45, 2.75) is 46.3 Å². The second-order valence-corrected chi connectivity index (χ2v) is 5.27. The molecule has 7 heteroatoms. The van der Waals surface area contributed by atoms with Gasteiger partial charge >= 0.3 is 5.69 Å². The van der Waals surface area contributed by atoms with Crippen molar-refractivity contribution in [2.24, 2.45) is 0 Å². The highest BCUT2D eigenvalue weighted by atomic mass is 16.1. The van der Waals surface area contributed by atoms with Gasteiger partial charge in [-0.15, -0.1) is 5.10 Å². The normalized spacial score (nSPS) is 11.4. The van der Waals surface area contributed by atoms with E-state index in [1.165, 1.54) is 0 Å². The third-order valence-corrected chi connectivity index (χ3v) is 3.87. The van der Waals surface area contributed by atoms with E-state index < -0.39 is 0 Å². The first-order chi connectivity index (χ1) is 10.8. The minimum Gasteiger partial charge on any atom is -0.292 e. The molecule has 0 saturated heterocycles.